The fourth-order valence-electron chi connectivity index (χ4n) is 6.09. The number of aliphatic hydroxyl groups is 1. The van der Waals surface area contributed by atoms with Crippen LogP contribution in [0.3, 0.4) is 0 Å². The van der Waals surface area contributed by atoms with Gasteiger partial charge in [-0.25, -0.2) is 0 Å². The van der Waals surface area contributed by atoms with E-state index >= 15 is 0 Å². The Kier molecular flexibility index (Phi) is 9.74. The van der Waals surface area contributed by atoms with Crippen molar-refractivity contribution in [3.05, 3.63) is 60.7 Å². The molecule has 35 heavy (non-hydrogen) atoms. The summed E-state index contributed by atoms with van der Waals surface area (Å²) in [5.41, 5.74) is 0. The summed E-state index contributed by atoms with van der Waals surface area (Å²) in [6, 6.07) is 21.4. The SMILES string of the molecule is CCOC(=O)C[C@H]1C[C@@H](C)C[C@@H](O)[C@@H]1CCCO[Si](c1ccccc1)(c1ccccc1)C(C)(C)C. The highest BCUT2D eigenvalue weighted by Gasteiger charge is 2.50. The minimum atomic E-state index is -2.55. The van der Waals surface area contributed by atoms with Crippen LogP contribution in [-0.4, -0.2) is 38.7 Å². The van der Waals surface area contributed by atoms with Gasteiger partial charge in [-0.15, -0.1) is 0 Å². The molecule has 192 valence electrons. The minimum Gasteiger partial charge on any atom is -0.466 e. The maximum absolute atomic E-state index is 12.2. The molecule has 4 atom stereocenters. The highest BCUT2D eigenvalue weighted by atomic mass is 28.4. The summed E-state index contributed by atoms with van der Waals surface area (Å²) in [5.74, 6) is 0.556. The average Bonchev–Trinajstić information content (AvgIpc) is 2.81. The van der Waals surface area contributed by atoms with E-state index in [4.69, 9.17) is 9.16 Å². The Morgan fingerprint density at radius 1 is 1.00 bits per heavy atom. The van der Waals surface area contributed by atoms with E-state index in [2.05, 4.69) is 88.4 Å². The van der Waals surface area contributed by atoms with Crippen LogP contribution in [0.25, 0.3) is 0 Å². The maximum atomic E-state index is 12.2. The van der Waals surface area contributed by atoms with Crippen LogP contribution in [0, 0.1) is 17.8 Å². The summed E-state index contributed by atoms with van der Waals surface area (Å²) < 4.78 is 12.3. The normalized spacial score (nSPS) is 23.1. The summed E-state index contributed by atoms with van der Waals surface area (Å²) in [5, 5.41) is 13.4. The van der Waals surface area contributed by atoms with E-state index in [-0.39, 0.29) is 28.9 Å². The summed E-state index contributed by atoms with van der Waals surface area (Å²) >= 11 is 0. The zero-order chi connectivity index (χ0) is 25.5. The van der Waals surface area contributed by atoms with E-state index < -0.39 is 8.32 Å². The number of hydrogen-bond acceptors (Lipinski definition) is 4. The third-order valence-corrected chi connectivity index (χ3v) is 12.6. The van der Waals surface area contributed by atoms with Gasteiger partial charge < -0.3 is 14.3 Å². The third-order valence-electron chi connectivity index (χ3n) is 7.60. The average molecular weight is 497 g/mol. The largest absolute Gasteiger partial charge is 0.466 e. The predicted octanol–water partition coefficient (Wildman–Crippen LogP) is 5.32. The number of carbonyl (C=O) groups is 1. The lowest BCUT2D eigenvalue weighted by atomic mass is 9.70. The van der Waals surface area contributed by atoms with Crippen LogP contribution in [0.5, 0.6) is 0 Å². The number of benzene rings is 2. The van der Waals surface area contributed by atoms with Crippen LogP contribution in [0.4, 0.5) is 0 Å². The Hall–Kier alpha value is -1.95. The fourth-order valence-corrected chi connectivity index (χ4v) is 10.7. The molecule has 1 aliphatic carbocycles. The first kappa shape index (κ1) is 27.6. The molecule has 3 rings (SSSR count). The quantitative estimate of drug-likeness (QED) is 0.275. The molecule has 0 aliphatic heterocycles. The summed E-state index contributed by atoms with van der Waals surface area (Å²) in [7, 11) is -2.55. The van der Waals surface area contributed by atoms with Crippen LogP contribution in [-0.2, 0) is 14.0 Å². The third kappa shape index (κ3) is 6.63. The number of esters is 1. The van der Waals surface area contributed by atoms with Crippen LogP contribution in [0.15, 0.2) is 60.7 Å². The van der Waals surface area contributed by atoms with Crippen molar-refractivity contribution in [2.45, 2.75) is 77.9 Å². The van der Waals surface area contributed by atoms with Gasteiger partial charge in [0.15, 0.2) is 0 Å². The highest BCUT2D eigenvalue weighted by molar-refractivity contribution is 6.99. The molecule has 0 bridgehead atoms. The zero-order valence-corrected chi connectivity index (χ0v) is 23.2. The molecule has 0 heterocycles. The van der Waals surface area contributed by atoms with Crippen molar-refractivity contribution in [2.75, 3.05) is 13.2 Å². The van der Waals surface area contributed by atoms with Crippen LogP contribution < -0.4 is 10.4 Å². The maximum Gasteiger partial charge on any atom is 0.306 e. The second-order valence-electron chi connectivity index (χ2n) is 11.2. The first-order valence-corrected chi connectivity index (χ1v) is 15.2. The molecule has 2 aromatic carbocycles. The lowest BCUT2D eigenvalue weighted by molar-refractivity contribution is -0.146. The van der Waals surface area contributed by atoms with Crippen molar-refractivity contribution in [2.24, 2.45) is 17.8 Å². The van der Waals surface area contributed by atoms with Crippen LogP contribution in [0.1, 0.15) is 66.7 Å². The van der Waals surface area contributed by atoms with E-state index in [9.17, 15) is 9.90 Å². The molecule has 2 aromatic rings. The molecule has 1 N–H and O–H groups in total. The van der Waals surface area contributed by atoms with Gasteiger partial charge in [0, 0.05) is 13.0 Å². The molecule has 0 aromatic heterocycles. The van der Waals surface area contributed by atoms with Gasteiger partial charge in [0.2, 0.25) is 0 Å². The van der Waals surface area contributed by atoms with E-state index in [1.165, 1.54) is 10.4 Å². The molecule has 1 aliphatic rings. The number of ether oxygens (including phenoxy) is 1. The van der Waals surface area contributed by atoms with E-state index in [0.717, 1.165) is 25.7 Å². The van der Waals surface area contributed by atoms with Gasteiger partial charge in [0.25, 0.3) is 8.32 Å². The summed E-state index contributed by atoms with van der Waals surface area (Å²) in [4.78, 5) is 12.2. The molecule has 1 saturated carbocycles. The van der Waals surface area contributed by atoms with Crippen molar-refractivity contribution < 1.29 is 19.1 Å². The molecule has 0 unspecified atom stereocenters. The van der Waals surface area contributed by atoms with Gasteiger partial charge in [-0.2, -0.15) is 0 Å². The van der Waals surface area contributed by atoms with Gasteiger partial charge in [0.05, 0.1) is 12.7 Å². The Morgan fingerprint density at radius 3 is 2.09 bits per heavy atom. The zero-order valence-electron chi connectivity index (χ0n) is 22.2. The number of aliphatic hydroxyl groups excluding tert-OH is 1. The highest BCUT2D eigenvalue weighted by Crippen LogP contribution is 2.40. The Balaban J connectivity index is 1.77. The minimum absolute atomic E-state index is 0.0536. The fraction of sp³-hybridized carbons (Fsp3) is 0.567. The predicted molar refractivity (Wildman–Crippen MR) is 145 cm³/mol. The van der Waals surface area contributed by atoms with Gasteiger partial charge >= 0.3 is 5.97 Å². The Bertz CT molecular complexity index is 869. The van der Waals surface area contributed by atoms with Crippen molar-refractivity contribution >= 4 is 24.7 Å². The second kappa shape index (κ2) is 12.3. The van der Waals surface area contributed by atoms with Crippen molar-refractivity contribution in [1.82, 2.24) is 0 Å². The molecule has 0 spiro atoms. The van der Waals surface area contributed by atoms with E-state index in [1.54, 1.807) is 0 Å². The second-order valence-corrected chi connectivity index (χ2v) is 15.5. The summed E-state index contributed by atoms with van der Waals surface area (Å²) in [6.45, 7) is 11.9. The van der Waals surface area contributed by atoms with Crippen molar-refractivity contribution in [1.29, 1.82) is 0 Å². The van der Waals surface area contributed by atoms with Gasteiger partial charge in [-0.3, -0.25) is 4.79 Å². The van der Waals surface area contributed by atoms with Gasteiger partial charge in [0.1, 0.15) is 0 Å². The topological polar surface area (TPSA) is 55.8 Å². The molecule has 0 amide bonds. The molecular formula is C30H44O4Si. The Morgan fingerprint density at radius 2 is 1.57 bits per heavy atom. The molecule has 0 saturated heterocycles. The number of rotatable bonds is 10. The number of hydrogen-bond donors (Lipinski definition) is 1. The van der Waals surface area contributed by atoms with Crippen LogP contribution in [0.2, 0.25) is 5.04 Å². The lowest BCUT2D eigenvalue weighted by Crippen LogP contribution is -2.66. The van der Waals surface area contributed by atoms with Crippen molar-refractivity contribution in [3.8, 4) is 0 Å². The van der Waals surface area contributed by atoms with Crippen LogP contribution >= 0.6 is 0 Å². The standard InChI is InChI=1S/C30H44O4Si/c1-6-33-29(32)22-24-20-23(2)21-28(31)27(24)18-13-19-34-35(30(3,4)5,25-14-9-7-10-15-25)26-16-11-8-12-17-26/h7-12,14-17,23-24,27-28,31H,6,13,18-22H2,1-5H3/t23-,24-,27-,28-/m1/s1. The molecule has 1 fully saturated rings. The van der Waals surface area contributed by atoms with E-state index in [0.29, 0.717) is 25.6 Å². The number of carbonyl (C=O) groups excluding carboxylic acids is 1. The molecule has 5 heteroatoms. The summed E-state index contributed by atoms with van der Waals surface area (Å²) in [6.07, 6.45) is 3.52. The first-order chi connectivity index (χ1) is 16.7. The smallest absolute Gasteiger partial charge is 0.306 e. The molecular weight excluding hydrogens is 452 g/mol. The lowest BCUT2D eigenvalue weighted by Gasteiger charge is -2.43. The molecule has 4 nitrogen and oxygen atoms in total. The van der Waals surface area contributed by atoms with Gasteiger partial charge in [-0.05, 0) is 65.8 Å². The van der Waals surface area contributed by atoms with Gasteiger partial charge in [-0.1, -0.05) is 88.4 Å². The van der Waals surface area contributed by atoms with E-state index in [1.807, 2.05) is 6.92 Å². The molecule has 0 radical (unpaired) electrons. The first-order valence-electron chi connectivity index (χ1n) is 13.3. The Labute approximate surface area is 213 Å². The monoisotopic (exact) mass is 496 g/mol. The van der Waals surface area contributed by atoms with Crippen molar-refractivity contribution in [3.63, 3.8) is 0 Å².